The van der Waals surface area contributed by atoms with Crippen molar-refractivity contribution in [3.05, 3.63) is 24.3 Å². The van der Waals surface area contributed by atoms with Gasteiger partial charge in [0.1, 0.15) is 5.75 Å². The van der Waals surface area contributed by atoms with Crippen LogP contribution in [0, 0.1) is 0 Å². The molecule has 0 fully saturated rings. The fourth-order valence-corrected chi connectivity index (χ4v) is 1.98. The van der Waals surface area contributed by atoms with Gasteiger partial charge in [0.2, 0.25) is 5.95 Å². The quantitative estimate of drug-likeness (QED) is 0.874. The number of aromatic nitrogens is 3. The average molecular weight is 296 g/mol. The van der Waals surface area contributed by atoms with Crippen LogP contribution in [-0.4, -0.2) is 36.7 Å². The van der Waals surface area contributed by atoms with Crippen molar-refractivity contribution in [1.82, 2.24) is 15.0 Å². The van der Waals surface area contributed by atoms with Gasteiger partial charge in [-0.3, -0.25) is 0 Å². The zero-order valence-electron chi connectivity index (χ0n) is 10.8. The van der Waals surface area contributed by atoms with Crippen molar-refractivity contribution in [3.8, 4) is 17.8 Å². The first-order chi connectivity index (χ1) is 9.38. The summed E-state index contributed by atoms with van der Waals surface area (Å²) in [5, 5.41) is 0. The lowest BCUT2D eigenvalue weighted by Crippen LogP contribution is -2.03. The van der Waals surface area contributed by atoms with Gasteiger partial charge in [-0.15, -0.1) is 4.98 Å². The monoisotopic (exact) mass is 296 g/mol. The lowest BCUT2D eigenvalue weighted by atomic mass is 10.3. The van der Waals surface area contributed by atoms with Crippen molar-refractivity contribution in [2.75, 3.05) is 19.1 Å². The van der Waals surface area contributed by atoms with E-state index in [1.165, 1.54) is 31.4 Å². The third-order valence-electron chi connectivity index (χ3n) is 2.26. The molecule has 9 heteroatoms. The highest BCUT2D eigenvalue weighted by atomic mass is 32.2. The van der Waals surface area contributed by atoms with E-state index in [4.69, 9.17) is 15.2 Å². The van der Waals surface area contributed by atoms with Crippen LogP contribution in [0.1, 0.15) is 0 Å². The first-order valence-corrected chi connectivity index (χ1v) is 7.31. The molecule has 1 heterocycles. The van der Waals surface area contributed by atoms with Gasteiger partial charge in [-0.05, 0) is 24.3 Å². The molecule has 0 atom stereocenters. The molecule has 1 aromatic heterocycles. The molecule has 2 aromatic rings. The van der Waals surface area contributed by atoms with Crippen molar-refractivity contribution < 1.29 is 17.9 Å². The lowest BCUT2D eigenvalue weighted by Gasteiger charge is -2.06. The van der Waals surface area contributed by atoms with Crippen LogP contribution < -0.4 is 15.2 Å². The highest BCUT2D eigenvalue weighted by molar-refractivity contribution is 7.90. The van der Waals surface area contributed by atoms with Gasteiger partial charge in [0.25, 0.3) is 0 Å². The molecule has 8 nitrogen and oxygen atoms in total. The summed E-state index contributed by atoms with van der Waals surface area (Å²) in [6.45, 7) is 0. The maximum absolute atomic E-state index is 11.3. The Labute approximate surface area is 115 Å². The fourth-order valence-electron chi connectivity index (χ4n) is 1.35. The van der Waals surface area contributed by atoms with E-state index in [-0.39, 0.29) is 22.9 Å². The maximum Gasteiger partial charge on any atom is 0.330 e. The highest BCUT2D eigenvalue weighted by Gasteiger charge is 2.09. The van der Waals surface area contributed by atoms with Crippen molar-refractivity contribution in [1.29, 1.82) is 0 Å². The lowest BCUT2D eigenvalue weighted by molar-refractivity contribution is 0.360. The molecule has 0 amide bonds. The van der Waals surface area contributed by atoms with Crippen LogP contribution in [0.25, 0.3) is 0 Å². The Balaban J connectivity index is 2.24. The molecule has 2 N–H and O–H groups in total. The van der Waals surface area contributed by atoms with Gasteiger partial charge in [-0.25, -0.2) is 8.42 Å². The predicted molar refractivity (Wildman–Crippen MR) is 70.4 cm³/mol. The molecule has 0 radical (unpaired) electrons. The van der Waals surface area contributed by atoms with Crippen molar-refractivity contribution in [2.24, 2.45) is 0 Å². The third-order valence-corrected chi connectivity index (χ3v) is 3.38. The summed E-state index contributed by atoms with van der Waals surface area (Å²) in [6.07, 6.45) is 1.13. The maximum atomic E-state index is 11.3. The highest BCUT2D eigenvalue weighted by Crippen LogP contribution is 2.21. The van der Waals surface area contributed by atoms with Crippen LogP contribution in [-0.2, 0) is 9.84 Å². The van der Waals surface area contributed by atoms with E-state index in [2.05, 4.69) is 15.0 Å². The predicted octanol–water partition coefficient (Wildman–Crippen LogP) is 0.658. The van der Waals surface area contributed by atoms with Crippen LogP contribution in [0.3, 0.4) is 0 Å². The molecule has 106 valence electrons. The van der Waals surface area contributed by atoms with Crippen molar-refractivity contribution >= 4 is 15.8 Å². The van der Waals surface area contributed by atoms with E-state index in [0.29, 0.717) is 5.75 Å². The summed E-state index contributed by atoms with van der Waals surface area (Å²) < 4.78 is 32.8. The van der Waals surface area contributed by atoms with E-state index in [0.717, 1.165) is 6.26 Å². The zero-order valence-corrected chi connectivity index (χ0v) is 11.6. The van der Waals surface area contributed by atoms with Gasteiger partial charge >= 0.3 is 12.0 Å². The minimum Gasteiger partial charge on any atom is -0.467 e. The molecule has 0 saturated heterocycles. The minimum atomic E-state index is -3.25. The van der Waals surface area contributed by atoms with Gasteiger partial charge in [0.05, 0.1) is 12.0 Å². The number of benzene rings is 1. The van der Waals surface area contributed by atoms with E-state index in [9.17, 15) is 8.42 Å². The Morgan fingerprint density at radius 3 is 2.20 bits per heavy atom. The molecule has 0 aliphatic rings. The number of anilines is 1. The molecule has 0 saturated carbocycles. The summed E-state index contributed by atoms with van der Waals surface area (Å²) in [5.74, 6) is 0.324. The van der Waals surface area contributed by atoms with Crippen LogP contribution in [0.15, 0.2) is 29.2 Å². The van der Waals surface area contributed by atoms with E-state index >= 15 is 0 Å². The molecular weight excluding hydrogens is 284 g/mol. The Bertz CT molecular complexity index is 716. The minimum absolute atomic E-state index is 0.0280. The first-order valence-electron chi connectivity index (χ1n) is 5.42. The number of methoxy groups -OCH3 is 1. The summed E-state index contributed by atoms with van der Waals surface area (Å²) in [7, 11) is -1.86. The van der Waals surface area contributed by atoms with E-state index in [1.54, 1.807) is 0 Å². The number of nitrogens with zero attached hydrogens (tertiary/aromatic N) is 3. The Hall–Kier alpha value is -2.42. The second-order valence-electron chi connectivity index (χ2n) is 3.81. The average Bonchev–Trinajstić information content (AvgIpc) is 2.37. The van der Waals surface area contributed by atoms with E-state index < -0.39 is 9.84 Å². The number of sulfone groups is 1. The third kappa shape index (κ3) is 3.32. The summed E-state index contributed by atoms with van der Waals surface area (Å²) in [6, 6.07) is 5.81. The topological polar surface area (TPSA) is 117 Å². The van der Waals surface area contributed by atoms with Crippen LogP contribution in [0.5, 0.6) is 17.8 Å². The van der Waals surface area contributed by atoms with E-state index in [1.807, 2.05) is 0 Å². The number of nitrogens with two attached hydrogens (primary N) is 1. The molecule has 0 aliphatic heterocycles. The van der Waals surface area contributed by atoms with Gasteiger partial charge in [0.15, 0.2) is 9.84 Å². The second-order valence-corrected chi connectivity index (χ2v) is 5.82. The number of ether oxygens (including phenoxy) is 2. The fraction of sp³-hybridized carbons (Fsp3) is 0.182. The number of hydrogen-bond donors (Lipinski definition) is 1. The largest absolute Gasteiger partial charge is 0.467 e. The Morgan fingerprint density at radius 1 is 1.05 bits per heavy atom. The number of rotatable bonds is 4. The Morgan fingerprint density at radius 2 is 1.65 bits per heavy atom. The normalized spacial score (nSPS) is 11.1. The van der Waals surface area contributed by atoms with Crippen LogP contribution >= 0.6 is 0 Å². The molecule has 0 bridgehead atoms. The molecule has 0 aliphatic carbocycles. The molecule has 2 rings (SSSR count). The molecule has 1 aromatic carbocycles. The smallest absolute Gasteiger partial charge is 0.330 e. The van der Waals surface area contributed by atoms with Gasteiger partial charge in [0, 0.05) is 6.26 Å². The van der Waals surface area contributed by atoms with Crippen molar-refractivity contribution in [3.63, 3.8) is 0 Å². The van der Waals surface area contributed by atoms with Gasteiger partial charge in [-0.1, -0.05) is 0 Å². The summed E-state index contributed by atoms with van der Waals surface area (Å²) >= 11 is 0. The summed E-state index contributed by atoms with van der Waals surface area (Å²) in [4.78, 5) is 11.5. The summed E-state index contributed by atoms with van der Waals surface area (Å²) in [5.41, 5.74) is 5.47. The van der Waals surface area contributed by atoms with Crippen molar-refractivity contribution in [2.45, 2.75) is 4.90 Å². The first kappa shape index (κ1) is 14.0. The second kappa shape index (κ2) is 5.29. The molecule has 0 spiro atoms. The molecule has 0 unspecified atom stereocenters. The SMILES string of the molecule is COc1nc(N)nc(Oc2ccc(S(C)(=O)=O)cc2)n1. The number of hydrogen-bond acceptors (Lipinski definition) is 8. The van der Waals surface area contributed by atoms with Gasteiger partial charge < -0.3 is 15.2 Å². The number of nitrogen functional groups attached to an aromatic ring is 1. The van der Waals surface area contributed by atoms with Crippen LogP contribution in [0.4, 0.5) is 5.95 Å². The Kier molecular flexibility index (Phi) is 3.70. The molecular formula is C11H12N4O4S. The van der Waals surface area contributed by atoms with Gasteiger partial charge in [-0.2, -0.15) is 9.97 Å². The standard InChI is InChI=1S/C11H12N4O4S/c1-18-10-13-9(12)14-11(15-10)19-7-3-5-8(6-4-7)20(2,16)17/h3-6H,1-2H3,(H2,12,13,14,15). The molecule has 20 heavy (non-hydrogen) atoms. The van der Waals surface area contributed by atoms with Crippen LogP contribution in [0.2, 0.25) is 0 Å². The zero-order chi connectivity index (χ0) is 14.8.